The van der Waals surface area contributed by atoms with Crippen LogP contribution in [0.5, 0.6) is 0 Å². The highest BCUT2D eigenvalue weighted by Crippen LogP contribution is 2.40. The lowest BCUT2D eigenvalue weighted by Gasteiger charge is -2.13. The first-order valence-electron chi connectivity index (χ1n) is 8.81. The van der Waals surface area contributed by atoms with Crippen molar-refractivity contribution in [3.8, 4) is 11.1 Å². The Morgan fingerprint density at radius 1 is 0.593 bits per heavy atom. The van der Waals surface area contributed by atoms with Gasteiger partial charge in [0.15, 0.2) is 0 Å². The fourth-order valence-corrected chi connectivity index (χ4v) is 3.96. The molecule has 5 rings (SSSR count). The number of fused-ring (bicyclic) bond motifs is 5. The minimum Gasteiger partial charge on any atom is -0.258 e. The summed E-state index contributed by atoms with van der Waals surface area (Å²) in [5.74, 6) is 0. The Bertz CT molecular complexity index is 1360. The lowest BCUT2D eigenvalue weighted by molar-refractivity contribution is -0.384. The zero-order valence-electron chi connectivity index (χ0n) is 14.4. The van der Waals surface area contributed by atoms with Crippen molar-refractivity contribution in [3.63, 3.8) is 0 Å². The topological polar surface area (TPSA) is 43.1 Å². The molecule has 0 amide bonds. The van der Waals surface area contributed by atoms with Gasteiger partial charge in [-0.2, -0.15) is 0 Å². The average molecular weight is 349 g/mol. The smallest absolute Gasteiger partial charge is 0.258 e. The van der Waals surface area contributed by atoms with Gasteiger partial charge in [-0.15, -0.1) is 0 Å². The normalized spacial score (nSPS) is 11.3. The van der Waals surface area contributed by atoms with E-state index < -0.39 is 0 Å². The Kier molecular flexibility index (Phi) is 3.41. The van der Waals surface area contributed by atoms with E-state index in [-0.39, 0.29) is 10.6 Å². The number of nitro benzene ring substituents is 1. The van der Waals surface area contributed by atoms with E-state index in [9.17, 15) is 10.1 Å². The number of hydrogen-bond acceptors (Lipinski definition) is 2. The molecule has 0 aromatic heterocycles. The molecule has 0 atom stereocenters. The van der Waals surface area contributed by atoms with Gasteiger partial charge in [-0.1, -0.05) is 72.8 Å². The van der Waals surface area contributed by atoms with Crippen LogP contribution in [-0.4, -0.2) is 4.92 Å². The zero-order valence-corrected chi connectivity index (χ0v) is 14.4. The van der Waals surface area contributed by atoms with E-state index >= 15 is 0 Å². The summed E-state index contributed by atoms with van der Waals surface area (Å²) in [6, 6.07) is 29.7. The van der Waals surface area contributed by atoms with Crippen LogP contribution in [0.1, 0.15) is 0 Å². The van der Waals surface area contributed by atoms with Crippen molar-refractivity contribution < 1.29 is 4.92 Å². The number of para-hydroxylation sites is 1. The Hall–Kier alpha value is -3.72. The molecule has 5 aromatic carbocycles. The van der Waals surface area contributed by atoms with Crippen molar-refractivity contribution in [1.82, 2.24) is 0 Å². The highest BCUT2D eigenvalue weighted by Gasteiger charge is 2.18. The molecule has 0 unspecified atom stereocenters. The van der Waals surface area contributed by atoms with E-state index in [1.165, 1.54) is 16.2 Å². The number of benzene rings is 5. The van der Waals surface area contributed by atoms with Crippen molar-refractivity contribution in [1.29, 1.82) is 0 Å². The van der Waals surface area contributed by atoms with E-state index in [1.54, 1.807) is 12.1 Å². The Morgan fingerprint density at radius 3 is 2.04 bits per heavy atom. The van der Waals surface area contributed by atoms with E-state index in [0.29, 0.717) is 5.56 Å². The summed E-state index contributed by atoms with van der Waals surface area (Å²) >= 11 is 0. The predicted octanol–water partition coefficient (Wildman–Crippen LogP) is 6.72. The van der Waals surface area contributed by atoms with E-state index in [4.69, 9.17) is 0 Å². The first-order valence-corrected chi connectivity index (χ1v) is 8.81. The maximum absolute atomic E-state index is 11.6. The molecule has 0 fully saturated rings. The minimum absolute atomic E-state index is 0.128. The molecule has 0 N–H and O–H groups in total. The molecule has 0 radical (unpaired) electrons. The van der Waals surface area contributed by atoms with Gasteiger partial charge in [-0.3, -0.25) is 10.1 Å². The van der Waals surface area contributed by atoms with Crippen molar-refractivity contribution in [2.45, 2.75) is 0 Å². The van der Waals surface area contributed by atoms with Gasteiger partial charge in [0.25, 0.3) is 5.69 Å². The van der Waals surface area contributed by atoms with Gasteiger partial charge < -0.3 is 0 Å². The first-order chi connectivity index (χ1) is 13.2. The molecule has 0 aliphatic carbocycles. The second-order valence-corrected chi connectivity index (χ2v) is 6.63. The lowest BCUT2D eigenvalue weighted by atomic mass is 9.90. The second-order valence-electron chi connectivity index (χ2n) is 6.63. The highest BCUT2D eigenvalue weighted by molar-refractivity contribution is 6.23. The number of nitrogens with zero attached hydrogens (tertiary/aromatic N) is 1. The standard InChI is InChI=1S/C24H15NO2/c26-25(27)23-12-6-5-10-20(23)22-15-17-14-13-16-7-1-2-8-18(16)24(17)21-11-4-3-9-19(21)22/h1-15H. The summed E-state index contributed by atoms with van der Waals surface area (Å²) < 4.78 is 0. The lowest BCUT2D eigenvalue weighted by Crippen LogP contribution is -1.93. The molecule has 3 nitrogen and oxygen atoms in total. The van der Waals surface area contributed by atoms with Gasteiger partial charge in [0.1, 0.15) is 0 Å². The quantitative estimate of drug-likeness (QED) is 0.202. The molecule has 0 spiro atoms. The summed E-state index contributed by atoms with van der Waals surface area (Å²) in [5, 5.41) is 18.4. The third-order valence-corrected chi connectivity index (χ3v) is 5.14. The summed E-state index contributed by atoms with van der Waals surface area (Å²) in [5.41, 5.74) is 1.66. The number of hydrogen-bond donors (Lipinski definition) is 0. The molecule has 0 aliphatic heterocycles. The van der Waals surface area contributed by atoms with Crippen LogP contribution in [0.4, 0.5) is 5.69 Å². The Balaban J connectivity index is 1.98. The van der Waals surface area contributed by atoms with Crippen LogP contribution in [0.2, 0.25) is 0 Å². The zero-order chi connectivity index (χ0) is 18.4. The van der Waals surface area contributed by atoms with Crippen LogP contribution in [0.25, 0.3) is 43.4 Å². The Labute approximate surface area is 155 Å². The second kappa shape index (κ2) is 5.92. The molecule has 0 aliphatic rings. The molecule has 5 aromatic rings. The first kappa shape index (κ1) is 15.5. The van der Waals surface area contributed by atoms with Crippen LogP contribution < -0.4 is 0 Å². The monoisotopic (exact) mass is 349 g/mol. The van der Waals surface area contributed by atoms with Gasteiger partial charge in [0.2, 0.25) is 0 Å². The van der Waals surface area contributed by atoms with Gasteiger partial charge >= 0.3 is 0 Å². The molecule has 27 heavy (non-hydrogen) atoms. The summed E-state index contributed by atoms with van der Waals surface area (Å²) in [6.45, 7) is 0. The molecule has 0 heterocycles. The Morgan fingerprint density at radius 2 is 1.22 bits per heavy atom. The average Bonchev–Trinajstić information content (AvgIpc) is 2.72. The minimum atomic E-state index is -0.311. The van der Waals surface area contributed by atoms with Crippen LogP contribution >= 0.6 is 0 Å². The largest absolute Gasteiger partial charge is 0.277 e. The molecule has 128 valence electrons. The van der Waals surface area contributed by atoms with E-state index in [2.05, 4.69) is 36.4 Å². The third-order valence-electron chi connectivity index (χ3n) is 5.14. The SMILES string of the molecule is O=[N+]([O-])c1ccccc1-c1cc2ccc3ccccc3c2c2ccccc12. The number of nitro groups is 1. The van der Waals surface area contributed by atoms with Gasteiger partial charge in [0.05, 0.1) is 10.5 Å². The molecule has 0 bridgehead atoms. The molecular formula is C24H15NO2. The van der Waals surface area contributed by atoms with Gasteiger partial charge in [-0.05, 0) is 50.0 Å². The van der Waals surface area contributed by atoms with Crippen LogP contribution in [-0.2, 0) is 0 Å². The maximum Gasteiger partial charge on any atom is 0.277 e. The molecule has 0 saturated carbocycles. The molecule has 0 saturated heterocycles. The summed E-state index contributed by atoms with van der Waals surface area (Å²) in [6.07, 6.45) is 0. The van der Waals surface area contributed by atoms with Crippen LogP contribution in [0.15, 0.2) is 91.0 Å². The van der Waals surface area contributed by atoms with Crippen molar-refractivity contribution >= 4 is 38.0 Å². The van der Waals surface area contributed by atoms with Gasteiger partial charge in [0, 0.05) is 6.07 Å². The van der Waals surface area contributed by atoms with Crippen molar-refractivity contribution in [2.24, 2.45) is 0 Å². The van der Waals surface area contributed by atoms with Gasteiger partial charge in [-0.25, -0.2) is 0 Å². The summed E-state index contributed by atoms with van der Waals surface area (Å²) in [4.78, 5) is 11.3. The van der Waals surface area contributed by atoms with Crippen molar-refractivity contribution in [3.05, 3.63) is 101 Å². The maximum atomic E-state index is 11.6. The van der Waals surface area contributed by atoms with Crippen LogP contribution in [0.3, 0.4) is 0 Å². The molecular weight excluding hydrogens is 334 g/mol. The van der Waals surface area contributed by atoms with Crippen molar-refractivity contribution in [2.75, 3.05) is 0 Å². The fraction of sp³-hybridized carbons (Fsp3) is 0. The third kappa shape index (κ3) is 2.36. The molecule has 3 heteroatoms. The van der Waals surface area contributed by atoms with E-state index in [0.717, 1.165) is 21.7 Å². The van der Waals surface area contributed by atoms with E-state index in [1.807, 2.05) is 42.5 Å². The van der Waals surface area contributed by atoms with Crippen LogP contribution in [0, 0.1) is 10.1 Å². The number of rotatable bonds is 2. The summed E-state index contributed by atoms with van der Waals surface area (Å²) in [7, 11) is 0. The highest BCUT2D eigenvalue weighted by atomic mass is 16.6. The fourth-order valence-electron chi connectivity index (χ4n) is 3.96. The predicted molar refractivity (Wildman–Crippen MR) is 111 cm³/mol.